The standard InChI is InChI=1S/C20H28F3NO3/c1-3-4-5-6-7-8-9-14-27-18(25)15-24(2)19(26)16-10-12-17(13-11-16)20(21,22)23/h10-13H,3-9,14-15H2,1-2H3. The number of alkyl halides is 3. The van der Waals surface area contributed by atoms with Crippen molar-refractivity contribution in [2.45, 2.75) is 58.0 Å². The fraction of sp³-hybridized carbons (Fsp3) is 0.600. The van der Waals surface area contributed by atoms with Crippen molar-refractivity contribution < 1.29 is 27.5 Å². The first-order valence-corrected chi connectivity index (χ1v) is 9.34. The lowest BCUT2D eigenvalue weighted by Crippen LogP contribution is -2.33. The van der Waals surface area contributed by atoms with Gasteiger partial charge in [0.15, 0.2) is 0 Å². The smallest absolute Gasteiger partial charge is 0.416 e. The number of carbonyl (C=O) groups is 2. The van der Waals surface area contributed by atoms with Crippen LogP contribution in [0.3, 0.4) is 0 Å². The summed E-state index contributed by atoms with van der Waals surface area (Å²) in [5.74, 6) is -1.06. The summed E-state index contributed by atoms with van der Waals surface area (Å²) in [4.78, 5) is 25.1. The Morgan fingerprint density at radius 2 is 1.52 bits per heavy atom. The van der Waals surface area contributed by atoms with Crippen LogP contribution in [0.1, 0.15) is 67.8 Å². The van der Waals surface area contributed by atoms with Crippen LogP contribution in [0.4, 0.5) is 13.2 Å². The topological polar surface area (TPSA) is 46.6 Å². The number of likely N-dealkylation sites (N-methyl/N-ethyl adjacent to an activating group) is 1. The lowest BCUT2D eigenvalue weighted by molar-refractivity contribution is -0.144. The summed E-state index contributed by atoms with van der Waals surface area (Å²) in [6.07, 6.45) is 3.31. The molecule has 0 aliphatic rings. The Hall–Kier alpha value is -2.05. The summed E-state index contributed by atoms with van der Waals surface area (Å²) >= 11 is 0. The third kappa shape index (κ3) is 8.93. The van der Waals surface area contributed by atoms with Crippen molar-refractivity contribution >= 4 is 11.9 Å². The van der Waals surface area contributed by atoms with E-state index in [2.05, 4.69) is 6.92 Å². The Bertz CT molecular complexity index is 585. The fourth-order valence-electron chi connectivity index (χ4n) is 2.58. The normalized spacial score (nSPS) is 11.3. The van der Waals surface area contributed by atoms with E-state index in [1.807, 2.05) is 0 Å². The van der Waals surface area contributed by atoms with Crippen LogP contribution < -0.4 is 0 Å². The monoisotopic (exact) mass is 387 g/mol. The van der Waals surface area contributed by atoms with Gasteiger partial charge in [-0.3, -0.25) is 9.59 Å². The summed E-state index contributed by atoms with van der Waals surface area (Å²) < 4.78 is 42.7. The van der Waals surface area contributed by atoms with Gasteiger partial charge in [0.25, 0.3) is 5.91 Å². The predicted molar refractivity (Wildman–Crippen MR) is 97.4 cm³/mol. The second-order valence-corrected chi connectivity index (χ2v) is 6.58. The van der Waals surface area contributed by atoms with Crippen LogP contribution in [0.15, 0.2) is 24.3 Å². The number of carbonyl (C=O) groups excluding carboxylic acids is 2. The van der Waals surface area contributed by atoms with Crippen LogP contribution in [-0.2, 0) is 15.7 Å². The lowest BCUT2D eigenvalue weighted by atomic mass is 10.1. The molecule has 0 aliphatic heterocycles. The van der Waals surface area contributed by atoms with Gasteiger partial charge in [-0.1, -0.05) is 45.4 Å². The summed E-state index contributed by atoms with van der Waals surface area (Å²) in [7, 11) is 1.41. The van der Waals surface area contributed by atoms with E-state index in [-0.39, 0.29) is 12.1 Å². The van der Waals surface area contributed by atoms with Crippen LogP contribution in [0, 0.1) is 0 Å². The highest BCUT2D eigenvalue weighted by atomic mass is 19.4. The van der Waals surface area contributed by atoms with E-state index in [0.29, 0.717) is 6.61 Å². The molecule has 0 spiro atoms. The predicted octanol–water partition coefficient (Wildman–Crippen LogP) is 5.07. The van der Waals surface area contributed by atoms with Crippen molar-refractivity contribution in [3.63, 3.8) is 0 Å². The van der Waals surface area contributed by atoms with Gasteiger partial charge < -0.3 is 9.64 Å². The third-order valence-corrected chi connectivity index (χ3v) is 4.18. The van der Waals surface area contributed by atoms with Crippen LogP contribution in [0.5, 0.6) is 0 Å². The number of amides is 1. The van der Waals surface area contributed by atoms with Crippen LogP contribution in [0.2, 0.25) is 0 Å². The Morgan fingerprint density at radius 1 is 0.963 bits per heavy atom. The molecule has 0 N–H and O–H groups in total. The molecule has 0 fully saturated rings. The molecule has 0 unspecified atom stereocenters. The number of rotatable bonds is 11. The van der Waals surface area contributed by atoms with Gasteiger partial charge in [-0.25, -0.2) is 0 Å². The molecule has 4 nitrogen and oxygen atoms in total. The van der Waals surface area contributed by atoms with Crippen LogP contribution in [-0.4, -0.2) is 37.0 Å². The molecule has 0 aromatic heterocycles. The summed E-state index contributed by atoms with van der Waals surface area (Å²) in [6.45, 7) is 2.24. The maximum absolute atomic E-state index is 12.5. The van der Waals surface area contributed by atoms with Crippen molar-refractivity contribution in [1.82, 2.24) is 4.90 Å². The molecule has 0 bridgehead atoms. The van der Waals surface area contributed by atoms with Gasteiger partial charge in [0.1, 0.15) is 6.54 Å². The largest absolute Gasteiger partial charge is 0.464 e. The Balaban J connectivity index is 2.30. The van der Waals surface area contributed by atoms with Crippen LogP contribution in [0.25, 0.3) is 0 Å². The molecule has 1 aromatic carbocycles. The average Bonchev–Trinajstić information content (AvgIpc) is 2.62. The minimum Gasteiger partial charge on any atom is -0.464 e. The molecule has 0 aliphatic carbocycles. The minimum atomic E-state index is -4.45. The zero-order valence-electron chi connectivity index (χ0n) is 16.0. The van der Waals surface area contributed by atoms with Crippen molar-refractivity contribution in [3.05, 3.63) is 35.4 Å². The molecule has 0 radical (unpaired) electrons. The number of hydrogen-bond acceptors (Lipinski definition) is 3. The van der Waals surface area contributed by atoms with Crippen molar-refractivity contribution in [3.8, 4) is 0 Å². The zero-order chi connectivity index (χ0) is 20.3. The van der Waals surface area contributed by atoms with Crippen molar-refractivity contribution in [2.75, 3.05) is 20.2 Å². The number of nitrogens with zero attached hydrogens (tertiary/aromatic N) is 1. The molecule has 1 rings (SSSR count). The van der Waals surface area contributed by atoms with Gasteiger partial charge in [-0.2, -0.15) is 13.2 Å². The zero-order valence-corrected chi connectivity index (χ0v) is 16.0. The molecule has 1 amide bonds. The SMILES string of the molecule is CCCCCCCCCOC(=O)CN(C)C(=O)c1ccc(C(F)(F)F)cc1. The van der Waals surface area contributed by atoms with E-state index in [9.17, 15) is 22.8 Å². The van der Waals surface area contributed by atoms with E-state index in [1.54, 1.807) is 0 Å². The van der Waals surface area contributed by atoms with Gasteiger partial charge >= 0.3 is 12.1 Å². The average molecular weight is 387 g/mol. The van der Waals surface area contributed by atoms with Crippen molar-refractivity contribution in [2.24, 2.45) is 0 Å². The number of hydrogen-bond donors (Lipinski definition) is 0. The Morgan fingerprint density at radius 3 is 2.07 bits per heavy atom. The molecule has 1 aromatic rings. The molecule has 7 heteroatoms. The van der Waals surface area contributed by atoms with Crippen LogP contribution >= 0.6 is 0 Å². The first kappa shape index (κ1) is 23.0. The van der Waals surface area contributed by atoms with E-state index < -0.39 is 23.6 Å². The molecule has 152 valence electrons. The second kappa shape index (κ2) is 11.6. The number of unbranched alkanes of at least 4 members (excludes halogenated alkanes) is 6. The highest BCUT2D eigenvalue weighted by molar-refractivity contribution is 5.95. The minimum absolute atomic E-state index is 0.0883. The second-order valence-electron chi connectivity index (χ2n) is 6.58. The highest BCUT2D eigenvalue weighted by Crippen LogP contribution is 2.29. The lowest BCUT2D eigenvalue weighted by Gasteiger charge is -2.17. The number of halogens is 3. The van der Waals surface area contributed by atoms with E-state index in [4.69, 9.17) is 4.74 Å². The fourth-order valence-corrected chi connectivity index (χ4v) is 2.58. The summed E-state index contributed by atoms with van der Waals surface area (Å²) in [5.41, 5.74) is -0.735. The molecule has 0 saturated carbocycles. The maximum Gasteiger partial charge on any atom is 0.416 e. The summed E-state index contributed by atoms with van der Waals surface area (Å²) in [6, 6.07) is 3.90. The number of esters is 1. The Labute approximate surface area is 158 Å². The van der Waals surface area contributed by atoms with Gasteiger partial charge in [-0.05, 0) is 30.7 Å². The first-order valence-electron chi connectivity index (χ1n) is 9.34. The van der Waals surface area contributed by atoms with E-state index in [0.717, 1.165) is 48.4 Å². The maximum atomic E-state index is 12.5. The third-order valence-electron chi connectivity index (χ3n) is 4.18. The highest BCUT2D eigenvalue weighted by Gasteiger charge is 2.30. The molecule has 0 saturated heterocycles. The first-order chi connectivity index (χ1) is 12.8. The van der Waals surface area contributed by atoms with Crippen molar-refractivity contribution in [1.29, 1.82) is 0 Å². The molecular weight excluding hydrogens is 359 g/mol. The summed E-state index contributed by atoms with van der Waals surface area (Å²) in [5, 5.41) is 0. The quantitative estimate of drug-likeness (QED) is 0.393. The van der Waals surface area contributed by atoms with Gasteiger partial charge in [0.05, 0.1) is 12.2 Å². The Kier molecular flexibility index (Phi) is 9.89. The van der Waals surface area contributed by atoms with E-state index >= 15 is 0 Å². The van der Waals surface area contributed by atoms with Gasteiger partial charge in [0, 0.05) is 12.6 Å². The number of ether oxygens (including phenoxy) is 1. The molecule has 0 atom stereocenters. The molecular formula is C20H28F3NO3. The number of benzene rings is 1. The molecule has 27 heavy (non-hydrogen) atoms. The van der Waals surface area contributed by atoms with Gasteiger partial charge in [-0.15, -0.1) is 0 Å². The van der Waals surface area contributed by atoms with Gasteiger partial charge in [0.2, 0.25) is 0 Å². The van der Waals surface area contributed by atoms with E-state index in [1.165, 1.54) is 32.7 Å². The molecule has 0 heterocycles.